The van der Waals surface area contributed by atoms with E-state index in [4.69, 9.17) is 5.73 Å². The molecule has 116 valence electrons. The minimum Gasteiger partial charge on any atom is -0.368 e. The number of nitrogens with one attached hydrogen (secondary N) is 1. The molecule has 0 aliphatic carbocycles. The SMILES string of the molecule is CCC(CC)(NC(=O)c1ccc(-n2cccc2)cc1)C(N)=O. The molecule has 5 nitrogen and oxygen atoms in total. The van der Waals surface area contributed by atoms with Gasteiger partial charge in [-0.3, -0.25) is 9.59 Å². The van der Waals surface area contributed by atoms with Crippen molar-refractivity contribution in [2.75, 3.05) is 0 Å². The van der Waals surface area contributed by atoms with E-state index in [1.807, 2.05) is 55.1 Å². The lowest BCUT2D eigenvalue weighted by Gasteiger charge is -2.29. The van der Waals surface area contributed by atoms with Gasteiger partial charge in [0.15, 0.2) is 0 Å². The molecule has 0 unspecified atom stereocenters. The Labute approximate surface area is 130 Å². The summed E-state index contributed by atoms with van der Waals surface area (Å²) in [6, 6.07) is 11.1. The summed E-state index contributed by atoms with van der Waals surface area (Å²) in [5.74, 6) is -0.795. The summed E-state index contributed by atoms with van der Waals surface area (Å²) >= 11 is 0. The smallest absolute Gasteiger partial charge is 0.252 e. The van der Waals surface area contributed by atoms with E-state index in [0.29, 0.717) is 18.4 Å². The lowest BCUT2D eigenvalue weighted by Crippen LogP contribution is -2.56. The van der Waals surface area contributed by atoms with Crippen LogP contribution < -0.4 is 11.1 Å². The first kappa shape index (κ1) is 15.8. The van der Waals surface area contributed by atoms with Crippen LogP contribution in [0.4, 0.5) is 0 Å². The maximum atomic E-state index is 12.4. The molecule has 0 fully saturated rings. The first-order valence-corrected chi connectivity index (χ1v) is 7.38. The fourth-order valence-corrected chi connectivity index (χ4v) is 2.42. The molecular formula is C17H21N3O2. The standard InChI is InChI=1S/C17H21N3O2/c1-3-17(4-2,16(18)22)19-15(21)13-7-9-14(10-8-13)20-11-5-6-12-20/h5-12H,3-4H2,1-2H3,(H2,18,22)(H,19,21). The van der Waals surface area contributed by atoms with Crippen LogP contribution in [0.25, 0.3) is 5.69 Å². The zero-order valence-corrected chi connectivity index (χ0v) is 12.9. The Balaban J connectivity index is 2.18. The predicted octanol–water partition coefficient (Wildman–Crippen LogP) is 2.25. The fraction of sp³-hybridized carbons (Fsp3) is 0.294. The number of hydrogen-bond acceptors (Lipinski definition) is 2. The Bertz CT molecular complexity index is 641. The maximum Gasteiger partial charge on any atom is 0.252 e. The van der Waals surface area contributed by atoms with E-state index in [-0.39, 0.29) is 5.91 Å². The monoisotopic (exact) mass is 299 g/mol. The molecule has 0 spiro atoms. The molecule has 0 saturated heterocycles. The van der Waals surface area contributed by atoms with Crippen LogP contribution >= 0.6 is 0 Å². The number of amides is 2. The number of rotatable bonds is 6. The minimum absolute atomic E-state index is 0.290. The second-order valence-corrected chi connectivity index (χ2v) is 5.24. The van der Waals surface area contributed by atoms with Gasteiger partial charge in [0.05, 0.1) is 0 Å². The zero-order valence-electron chi connectivity index (χ0n) is 12.9. The molecule has 1 aromatic carbocycles. The highest BCUT2D eigenvalue weighted by molar-refractivity contribution is 5.99. The lowest BCUT2D eigenvalue weighted by atomic mass is 9.91. The molecule has 0 radical (unpaired) electrons. The number of hydrogen-bond donors (Lipinski definition) is 2. The number of primary amides is 1. The van der Waals surface area contributed by atoms with E-state index in [0.717, 1.165) is 5.69 Å². The Morgan fingerprint density at radius 2 is 1.64 bits per heavy atom. The van der Waals surface area contributed by atoms with Crippen LogP contribution in [0.2, 0.25) is 0 Å². The molecule has 0 aliphatic rings. The van der Waals surface area contributed by atoms with E-state index in [9.17, 15) is 9.59 Å². The highest BCUT2D eigenvalue weighted by Crippen LogP contribution is 2.16. The van der Waals surface area contributed by atoms with Gasteiger partial charge in [-0.15, -0.1) is 0 Å². The highest BCUT2D eigenvalue weighted by Gasteiger charge is 2.34. The van der Waals surface area contributed by atoms with Crippen LogP contribution in [0.3, 0.4) is 0 Å². The largest absolute Gasteiger partial charge is 0.368 e. The Kier molecular flexibility index (Phi) is 4.65. The average molecular weight is 299 g/mol. The summed E-state index contributed by atoms with van der Waals surface area (Å²) in [5.41, 5.74) is 5.93. The third-order valence-electron chi connectivity index (χ3n) is 4.06. The second kappa shape index (κ2) is 6.47. The normalized spacial score (nSPS) is 11.2. The van der Waals surface area contributed by atoms with E-state index in [2.05, 4.69) is 5.32 Å². The number of nitrogens with two attached hydrogens (primary N) is 1. The van der Waals surface area contributed by atoms with E-state index in [1.54, 1.807) is 12.1 Å². The van der Waals surface area contributed by atoms with Gasteiger partial charge in [0.25, 0.3) is 5.91 Å². The van der Waals surface area contributed by atoms with Crippen molar-refractivity contribution in [1.82, 2.24) is 9.88 Å². The molecule has 1 aromatic heterocycles. The summed E-state index contributed by atoms with van der Waals surface area (Å²) in [5, 5.41) is 2.78. The van der Waals surface area contributed by atoms with Crippen LogP contribution in [-0.4, -0.2) is 21.9 Å². The molecule has 22 heavy (non-hydrogen) atoms. The van der Waals surface area contributed by atoms with Gasteiger partial charge in [-0.2, -0.15) is 0 Å². The Morgan fingerprint density at radius 3 is 2.09 bits per heavy atom. The van der Waals surface area contributed by atoms with Gasteiger partial charge in [0.2, 0.25) is 5.91 Å². The molecule has 0 atom stereocenters. The Hall–Kier alpha value is -2.56. The van der Waals surface area contributed by atoms with E-state index >= 15 is 0 Å². The van der Waals surface area contributed by atoms with Crippen molar-refractivity contribution < 1.29 is 9.59 Å². The molecule has 2 amide bonds. The summed E-state index contributed by atoms with van der Waals surface area (Å²) in [6.07, 6.45) is 4.79. The zero-order chi connectivity index (χ0) is 16.2. The summed E-state index contributed by atoms with van der Waals surface area (Å²) in [7, 11) is 0. The summed E-state index contributed by atoms with van der Waals surface area (Å²) in [4.78, 5) is 24.0. The third kappa shape index (κ3) is 3.03. The van der Waals surface area contributed by atoms with Gasteiger partial charge in [-0.1, -0.05) is 13.8 Å². The summed E-state index contributed by atoms with van der Waals surface area (Å²) < 4.78 is 1.95. The van der Waals surface area contributed by atoms with Crippen molar-refractivity contribution in [3.05, 3.63) is 54.4 Å². The molecule has 0 bridgehead atoms. The molecule has 2 aromatic rings. The van der Waals surface area contributed by atoms with E-state index < -0.39 is 11.4 Å². The average Bonchev–Trinajstić information content (AvgIpc) is 3.06. The van der Waals surface area contributed by atoms with Gasteiger partial charge in [-0.25, -0.2) is 0 Å². The van der Waals surface area contributed by atoms with Crippen molar-refractivity contribution in [3.8, 4) is 5.69 Å². The van der Waals surface area contributed by atoms with Crippen LogP contribution in [0.1, 0.15) is 37.0 Å². The molecule has 1 heterocycles. The topological polar surface area (TPSA) is 77.1 Å². The van der Waals surface area contributed by atoms with Crippen molar-refractivity contribution in [3.63, 3.8) is 0 Å². The number of carbonyl (C=O) groups is 2. The first-order chi connectivity index (χ1) is 10.5. The molecule has 2 rings (SSSR count). The second-order valence-electron chi connectivity index (χ2n) is 5.24. The highest BCUT2D eigenvalue weighted by atomic mass is 16.2. The van der Waals surface area contributed by atoms with Crippen LogP contribution in [0.15, 0.2) is 48.8 Å². The minimum atomic E-state index is -0.990. The number of carbonyl (C=O) groups excluding carboxylic acids is 2. The number of nitrogens with zero attached hydrogens (tertiary/aromatic N) is 1. The fourth-order valence-electron chi connectivity index (χ4n) is 2.42. The quantitative estimate of drug-likeness (QED) is 0.858. The van der Waals surface area contributed by atoms with Gasteiger partial charge in [0.1, 0.15) is 5.54 Å². The van der Waals surface area contributed by atoms with Crippen molar-refractivity contribution in [1.29, 1.82) is 0 Å². The number of benzene rings is 1. The summed E-state index contributed by atoms with van der Waals surface area (Å²) in [6.45, 7) is 3.67. The van der Waals surface area contributed by atoms with Crippen molar-refractivity contribution >= 4 is 11.8 Å². The number of aromatic nitrogens is 1. The maximum absolute atomic E-state index is 12.4. The molecular weight excluding hydrogens is 278 g/mol. The third-order valence-corrected chi connectivity index (χ3v) is 4.06. The van der Waals surface area contributed by atoms with Crippen LogP contribution in [0.5, 0.6) is 0 Å². The van der Waals surface area contributed by atoms with Crippen molar-refractivity contribution in [2.45, 2.75) is 32.2 Å². The van der Waals surface area contributed by atoms with E-state index in [1.165, 1.54) is 0 Å². The van der Waals surface area contributed by atoms with Crippen LogP contribution in [-0.2, 0) is 4.79 Å². The molecule has 3 N–H and O–H groups in total. The first-order valence-electron chi connectivity index (χ1n) is 7.38. The van der Waals surface area contributed by atoms with Gasteiger partial charge in [-0.05, 0) is 49.2 Å². The van der Waals surface area contributed by atoms with Crippen molar-refractivity contribution in [2.24, 2.45) is 5.73 Å². The predicted molar refractivity (Wildman–Crippen MR) is 85.7 cm³/mol. The molecule has 5 heteroatoms. The van der Waals surface area contributed by atoms with Gasteiger partial charge >= 0.3 is 0 Å². The van der Waals surface area contributed by atoms with Gasteiger partial charge in [0, 0.05) is 23.6 Å². The molecule has 0 aliphatic heterocycles. The van der Waals surface area contributed by atoms with Crippen LogP contribution in [0, 0.1) is 0 Å². The lowest BCUT2D eigenvalue weighted by molar-refractivity contribution is -0.124. The Morgan fingerprint density at radius 1 is 1.09 bits per heavy atom. The van der Waals surface area contributed by atoms with Gasteiger partial charge < -0.3 is 15.6 Å². The molecule has 0 saturated carbocycles.